The van der Waals surface area contributed by atoms with Gasteiger partial charge in [0.05, 0.1) is 39.5 Å². The number of rotatable bonds is 24. The SMILES string of the molecule is CCCCCCCCCCCCCCCCCC[N+](CC)(CC)CCOCCO. The molecule has 0 aromatic heterocycles. The van der Waals surface area contributed by atoms with Crippen molar-refractivity contribution in [2.45, 2.75) is 124 Å². The van der Waals surface area contributed by atoms with Crippen LogP contribution >= 0.6 is 0 Å². The molecule has 0 bridgehead atoms. The minimum absolute atomic E-state index is 0.136. The van der Waals surface area contributed by atoms with Crippen LogP contribution in [0.4, 0.5) is 0 Å². The number of likely N-dealkylation sites (N-methyl/N-ethyl adjacent to an activating group) is 1. The lowest BCUT2D eigenvalue weighted by Crippen LogP contribution is -2.50. The van der Waals surface area contributed by atoms with Gasteiger partial charge in [-0.05, 0) is 26.7 Å². The summed E-state index contributed by atoms with van der Waals surface area (Å²) in [5.41, 5.74) is 0. The Bertz CT molecular complexity index is 305. The van der Waals surface area contributed by atoms with Gasteiger partial charge in [0.2, 0.25) is 0 Å². The molecule has 0 heterocycles. The lowest BCUT2D eigenvalue weighted by molar-refractivity contribution is -0.925. The molecule has 0 rings (SSSR count). The zero-order valence-electron chi connectivity index (χ0n) is 20.6. The van der Waals surface area contributed by atoms with E-state index >= 15 is 0 Å². The molecule has 0 radical (unpaired) electrons. The van der Waals surface area contributed by atoms with Crippen LogP contribution in [0.2, 0.25) is 0 Å². The van der Waals surface area contributed by atoms with Crippen LogP contribution in [0.5, 0.6) is 0 Å². The summed E-state index contributed by atoms with van der Waals surface area (Å²) in [5.74, 6) is 0. The molecule has 1 N–H and O–H groups in total. The Labute approximate surface area is 184 Å². The second kappa shape index (κ2) is 22.6. The predicted molar refractivity (Wildman–Crippen MR) is 129 cm³/mol. The van der Waals surface area contributed by atoms with Crippen molar-refractivity contribution in [3.8, 4) is 0 Å². The van der Waals surface area contributed by atoms with Gasteiger partial charge in [0.15, 0.2) is 0 Å². The van der Waals surface area contributed by atoms with E-state index < -0.39 is 0 Å². The summed E-state index contributed by atoms with van der Waals surface area (Å²) in [6, 6.07) is 0. The Kier molecular flexibility index (Phi) is 22.5. The first-order valence-electron chi connectivity index (χ1n) is 13.3. The van der Waals surface area contributed by atoms with Crippen LogP contribution < -0.4 is 0 Å². The first-order valence-corrected chi connectivity index (χ1v) is 13.3. The number of aliphatic hydroxyl groups excluding tert-OH is 1. The zero-order chi connectivity index (χ0) is 21.5. The topological polar surface area (TPSA) is 29.5 Å². The van der Waals surface area contributed by atoms with Gasteiger partial charge in [-0.25, -0.2) is 0 Å². The molecule has 0 aromatic carbocycles. The number of hydrogen-bond donors (Lipinski definition) is 1. The molecule has 0 unspecified atom stereocenters. The number of aliphatic hydroxyl groups is 1. The monoisotopic (exact) mass is 414 g/mol. The van der Waals surface area contributed by atoms with Gasteiger partial charge < -0.3 is 14.3 Å². The van der Waals surface area contributed by atoms with Crippen molar-refractivity contribution in [3.63, 3.8) is 0 Å². The summed E-state index contributed by atoms with van der Waals surface area (Å²) in [5, 5.41) is 8.84. The summed E-state index contributed by atoms with van der Waals surface area (Å²) < 4.78 is 6.68. The third kappa shape index (κ3) is 18.4. The molecule has 3 heteroatoms. The van der Waals surface area contributed by atoms with Crippen molar-refractivity contribution in [2.24, 2.45) is 0 Å². The minimum Gasteiger partial charge on any atom is -0.394 e. The molecular weight excluding hydrogens is 358 g/mol. The fraction of sp³-hybridized carbons (Fsp3) is 1.00. The second-order valence-electron chi connectivity index (χ2n) is 9.06. The standard InChI is InChI=1S/C26H56NO2/c1-4-7-8-9-10-11-12-13-14-15-16-17-18-19-20-21-22-27(5-2,6-3)23-25-29-26-24-28/h28H,4-26H2,1-3H3/q+1. The second-order valence-corrected chi connectivity index (χ2v) is 9.06. The molecule has 0 aliphatic rings. The minimum atomic E-state index is 0.136. The molecule has 3 nitrogen and oxygen atoms in total. The average molecular weight is 415 g/mol. The molecule has 0 aliphatic heterocycles. The van der Waals surface area contributed by atoms with Crippen LogP contribution in [-0.2, 0) is 4.74 Å². The Hall–Kier alpha value is -0.120. The predicted octanol–water partition coefficient (Wildman–Crippen LogP) is 7.11. The molecule has 0 amide bonds. The summed E-state index contributed by atoms with van der Waals surface area (Å²) in [7, 11) is 0. The van der Waals surface area contributed by atoms with Gasteiger partial charge in [-0.15, -0.1) is 0 Å². The van der Waals surface area contributed by atoms with E-state index in [9.17, 15) is 0 Å². The summed E-state index contributed by atoms with van der Waals surface area (Å²) in [6.45, 7) is 13.1. The Morgan fingerprint density at radius 1 is 0.517 bits per heavy atom. The van der Waals surface area contributed by atoms with Crippen LogP contribution in [0.25, 0.3) is 0 Å². The quantitative estimate of drug-likeness (QED) is 0.135. The Morgan fingerprint density at radius 3 is 1.31 bits per heavy atom. The van der Waals surface area contributed by atoms with E-state index in [1.807, 2.05) is 0 Å². The van der Waals surface area contributed by atoms with Crippen LogP contribution in [-0.4, -0.2) is 55.6 Å². The molecule has 0 aromatic rings. The molecule has 0 spiro atoms. The largest absolute Gasteiger partial charge is 0.394 e. The van der Waals surface area contributed by atoms with E-state index in [2.05, 4.69) is 20.8 Å². The summed E-state index contributed by atoms with van der Waals surface area (Å²) in [6.07, 6.45) is 22.9. The fourth-order valence-corrected chi connectivity index (χ4v) is 4.39. The van der Waals surface area contributed by atoms with Gasteiger partial charge in [0.1, 0.15) is 6.54 Å². The van der Waals surface area contributed by atoms with E-state index in [4.69, 9.17) is 9.84 Å². The van der Waals surface area contributed by atoms with Crippen molar-refractivity contribution in [1.82, 2.24) is 0 Å². The lowest BCUT2D eigenvalue weighted by atomic mass is 10.0. The van der Waals surface area contributed by atoms with Crippen molar-refractivity contribution in [1.29, 1.82) is 0 Å². The highest BCUT2D eigenvalue weighted by atomic mass is 16.5. The molecule has 0 fully saturated rings. The van der Waals surface area contributed by atoms with E-state index in [1.165, 1.54) is 127 Å². The average Bonchev–Trinajstić information content (AvgIpc) is 2.75. The third-order valence-corrected chi connectivity index (χ3v) is 6.77. The van der Waals surface area contributed by atoms with Gasteiger partial charge >= 0.3 is 0 Å². The highest BCUT2D eigenvalue weighted by molar-refractivity contribution is 4.51. The van der Waals surface area contributed by atoms with Gasteiger partial charge in [-0.2, -0.15) is 0 Å². The zero-order valence-corrected chi connectivity index (χ0v) is 20.6. The molecule has 29 heavy (non-hydrogen) atoms. The highest BCUT2D eigenvalue weighted by Crippen LogP contribution is 2.15. The van der Waals surface area contributed by atoms with Crippen molar-refractivity contribution < 1.29 is 14.3 Å². The van der Waals surface area contributed by atoms with E-state index in [-0.39, 0.29) is 6.61 Å². The number of hydrogen-bond acceptors (Lipinski definition) is 2. The molecule has 0 atom stereocenters. The van der Waals surface area contributed by atoms with Crippen LogP contribution in [0, 0.1) is 0 Å². The van der Waals surface area contributed by atoms with E-state index in [0.717, 1.165) is 13.2 Å². The van der Waals surface area contributed by atoms with Gasteiger partial charge in [-0.1, -0.05) is 96.8 Å². The van der Waals surface area contributed by atoms with E-state index in [0.29, 0.717) is 6.61 Å². The fourth-order valence-electron chi connectivity index (χ4n) is 4.39. The summed E-state index contributed by atoms with van der Waals surface area (Å²) >= 11 is 0. The Balaban J connectivity index is 3.43. The number of unbranched alkanes of at least 4 members (excludes halogenated alkanes) is 15. The molecule has 176 valence electrons. The maximum absolute atomic E-state index is 8.84. The first-order chi connectivity index (χ1) is 14.2. The van der Waals surface area contributed by atoms with Crippen molar-refractivity contribution in [2.75, 3.05) is 46.0 Å². The summed E-state index contributed by atoms with van der Waals surface area (Å²) in [4.78, 5) is 0. The smallest absolute Gasteiger partial charge is 0.102 e. The number of nitrogens with zero attached hydrogens (tertiary/aromatic N) is 1. The number of quaternary nitrogens is 1. The van der Waals surface area contributed by atoms with Crippen LogP contribution in [0.15, 0.2) is 0 Å². The first kappa shape index (κ1) is 28.9. The lowest BCUT2D eigenvalue weighted by Gasteiger charge is -2.37. The van der Waals surface area contributed by atoms with Crippen LogP contribution in [0.3, 0.4) is 0 Å². The van der Waals surface area contributed by atoms with Gasteiger partial charge in [-0.3, -0.25) is 0 Å². The third-order valence-electron chi connectivity index (χ3n) is 6.77. The number of ether oxygens (including phenoxy) is 1. The van der Waals surface area contributed by atoms with Crippen molar-refractivity contribution >= 4 is 0 Å². The van der Waals surface area contributed by atoms with Gasteiger partial charge in [0.25, 0.3) is 0 Å². The normalized spacial score (nSPS) is 12.0. The molecule has 0 saturated carbocycles. The van der Waals surface area contributed by atoms with Crippen molar-refractivity contribution in [3.05, 3.63) is 0 Å². The molecule has 0 saturated heterocycles. The van der Waals surface area contributed by atoms with Crippen LogP contribution in [0.1, 0.15) is 124 Å². The van der Waals surface area contributed by atoms with E-state index in [1.54, 1.807) is 0 Å². The maximum Gasteiger partial charge on any atom is 0.102 e. The highest BCUT2D eigenvalue weighted by Gasteiger charge is 2.22. The molecular formula is C26H56NO2+. The Morgan fingerprint density at radius 2 is 0.931 bits per heavy atom. The van der Waals surface area contributed by atoms with Gasteiger partial charge in [0, 0.05) is 0 Å². The maximum atomic E-state index is 8.84. The molecule has 0 aliphatic carbocycles.